The Hall–Kier alpha value is -0.200. The van der Waals surface area contributed by atoms with Gasteiger partial charge in [-0.05, 0) is 165 Å². The quantitative estimate of drug-likeness (QED) is 0.302. The van der Waals surface area contributed by atoms with Crippen LogP contribution in [0.4, 0.5) is 0 Å². The van der Waals surface area contributed by atoms with Crippen LogP contribution < -0.4 is 16.0 Å². The minimum absolute atomic E-state index is 0.606. The van der Waals surface area contributed by atoms with Gasteiger partial charge in [0.2, 0.25) is 0 Å². The third-order valence-electron chi connectivity index (χ3n) is 15.3. The van der Waals surface area contributed by atoms with E-state index in [-0.39, 0.29) is 0 Å². The number of nitrogens with zero attached hydrogens (tertiary/aromatic N) is 2. The predicted molar refractivity (Wildman–Crippen MR) is 183 cm³/mol. The van der Waals surface area contributed by atoms with Crippen molar-refractivity contribution in [3.63, 3.8) is 0 Å². The summed E-state index contributed by atoms with van der Waals surface area (Å²) in [5, 5.41) is 11.5. The molecule has 0 aromatic rings. The Morgan fingerprint density at radius 3 is 1.70 bits per heavy atom. The minimum Gasteiger partial charge on any atom is -0.316 e. The van der Waals surface area contributed by atoms with Crippen molar-refractivity contribution in [2.45, 2.75) is 190 Å². The molecule has 5 nitrogen and oxygen atoms in total. The number of likely N-dealkylation sites (tertiary alicyclic amines) is 1. The summed E-state index contributed by atoms with van der Waals surface area (Å²) in [4.78, 5) is 6.49. The van der Waals surface area contributed by atoms with Crippen LogP contribution in [0.25, 0.3) is 0 Å². The van der Waals surface area contributed by atoms with Gasteiger partial charge in [0.25, 0.3) is 0 Å². The maximum absolute atomic E-state index is 3.91. The van der Waals surface area contributed by atoms with E-state index >= 15 is 0 Å². The fraction of sp³-hybridized carbons (Fsp3) is 1.00. The van der Waals surface area contributed by atoms with E-state index in [2.05, 4.69) is 25.8 Å². The lowest BCUT2D eigenvalue weighted by Crippen LogP contribution is -2.55. The average molecular weight is 608 g/mol. The van der Waals surface area contributed by atoms with Crippen LogP contribution in [0.5, 0.6) is 0 Å². The lowest BCUT2D eigenvalue weighted by molar-refractivity contribution is -0.00829. The van der Waals surface area contributed by atoms with Crippen LogP contribution in [0, 0.1) is 29.6 Å². The number of piperidine rings is 1. The standard InChI is InChI=1S/C39H69N5/c1-3-8-31(9-4-1)43(32-10-5-2-6-11-32)34-20-21-37-35(26-34)36-27-40-25-22-38(36)44(37)33-18-16-29(17-19-33)28-12-14-30(15-13-28)39-41-23-7-24-42-39/h28-42H,1-27H2. The van der Waals surface area contributed by atoms with Crippen molar-refractivity contribution in [3.8, 4) is 0 Å². The molecule has 0 bridgehead atoms. The van der Waals surface area contributed by atoms with E-state index in [0.29, 0.717) is 6.17 Å². The normalized spacial score (nSPS) is 44.0. The van der Waals surface area contributed by atoms with Gasteiger partial charge in [-0.3, -0.25) is 9.80 Å². The summed E-state index contributed by atoms with van der Waals surface area (Å²) >= 11 is 0. The van der Waals surface area contributed by atoms with Crippen LogP contribution >= 0.6 is 0 Å². The van der Waals surface area contributed by atoms with Crippen molar-refractivity contribution in [2.24, 2.45) is 29.6 Å². The molecule has 0 radical (unpaired) electrons. The largest absolute Gasteiger partial charge is 0.316 e. The van der Waals surface area contributed by atoms with Crippen molar-refractivity contribution < 1.29 is 0 Å². The molecular formula is C39H69N5. The fourth-order valence-electron chi connectivity index (χ4n) is 13.2. The number of rotatable bonds is 6. The molecule has 3 saturated heterocycles. The molecule has 3 heterocycles. The maximum Gasteiger partial charge on any atom is 0.0600 e. The van der Waals surface area contributed by atoms with Crippen LogP contribution in [0.3, 0.4) is 0 Å². The van der Waals surface area contributed by atoms with Crippen LogP contribution in [0.2, 0.25) is 0 Å². The molecule has 8 fully saturated rings. The summed E-state index contributed by atoms with van der Waals surface area (Å²) in [6.07, 6.45) is 34.8. The Morgan fingerprint density at radius 2 is 1.05 bits per heavy atom. The molecule has 5 heteroatoms. The zero-order valence-corrected chi connectivity index (χ0v) is 28.4. The SMILES string of the molecule is C1CCC(N(C2CCCCC2)C2CCC3C(C2)C2CNCCC2N3C2CCC(C3CCC(C4NCCCN4)CC3)CC2)CC1. The van der Waals surface area contributed by atoms with E-state index < -0.39 is 0 Å². The first-order valence-electron chi connectivity index (χ1n) is 20.6. The molecule has 3 aliphatic heterocycles. The van der Waals surface area contributed by atoms with Crippen LogP contribution in [-0.4, -0.2) is 78.4 Å². The minimum atomic E-state index is 0.606. The third kappa shape index (κ3) is 6.46. The summed E-state index contributed by atoms with van der Waals surface area (Å²) in [5.74, 6) is 4.80. The first-order valence-corrected chi connectivity index (χ1v) is 20.6. The number of hydrogen-bond acceptors (Lipinski definition) is 5. The van der Waals surface area contributed by atoms with E-state index in [1.165, 1.54) is 174 Å². The lowest BCUT2D eigenvalue weighted by atomic mass is 9.69. The van der Waals surface area contributed by atoms with Gasteiger partial charge in [0.1, 0.15) is 0 Å². The molecule has 0 aromatic heterocycles. The second-order valence-electron chi connectivity index (χ2n) is 17.4. The Balaban J connectivity index is 0.904. The van der Waals surface area contributed by atoms with Gasteiger partial charge in [-0.25, -0.2) is 0 Å². The molecule has 250 valence electrons. The number of fused-ring (bicyclic) bond motifs is 3. The molecular weight excluding hydrogens is 538 g/mol. The zero-order valence-electron chi connectivity index (χ0n) is 28.4. The Labute approximate surface area is 271 Å². The molecule has 8 aliphatic rings. The van der Waals surface area contributed by atoms with E-state index in [0.717, 1.165) is 65.8 Å². The first kappa shape index (κ1) is 31.1. The van der Waals surface area contributed by atoms with Gasteiger partial charge in [0.15, 0.2) is 0 Å². The van der Waals surface area contributed by atoms with Crippen LogP contribution in [0.1, 0.15) is 148 Å². The topological polar surface area (TPSA) is 42.6 Å². The highest BCUT2D eigenvalue weighted by Crippen LogP contribution is 2.51. The molecule has 3 N–H and O–H groups in total. The number of nitrogens with one attached hydrogen (secondary N) is 3. The molecule has 5 unspecified atom stereocenters. The monoisotopic (exact) mass is 608 g/mol. The zero-order chi connectivity index (χ0) is 29.3. The molecule has 8 rings (SSSR count). The number of hydrogen-bond donors (Lipinski definition) is 3. The van der Waals surface area contributed by atoms with Crippen molar-refractivity contribution >= 4 is 0 Å². The third-order valence-corrected chi connectivity index (χ3v) is 15.3. The summed E-state index contributed by atoms with van der Waals surface area (Å²) in [5.41, 5.74) is 0. The second-order valence-corrected chi connectivity index (χ2v) is 17.4. The summed E-state index contributed by atoms with van der Waals surface area (Å²) in [6, 6.07) is 5.37. The van der Waals surface area contributed by atoms with Gasteiger partial charge in [-0.2, -0.15) is 0 Å². The first-order chi connectivity index (χ1) is 21.8. The van der Waals surface area contributed by atoms with Crippen LogP contribution in [-0.2, 0) is 0 Å². The van der Waals surface area contributed by atoms with E-state index in [9.17, 15) is 0 Å². The van der Waals surface area contributed by atoms with Gasteiger partial charge in [0, 0.05) is 36.3 Å². The highest BCUT2D eigenvalue weighted by molar-refractivity contribution is 5.09. The second kappa shape index (κ2) is 14.5. The molecule has 5 saturated carbocycles. The molecule has 5 aliphatic carbocycles. The van der Waals surface area contributed by atoms with E-state index in [4.69, 9.17) is 0 Å². The molecule has 0 amide bonds. The van der Waals surface area contributed by atoms with Crippen LogP contribution in [0.15, 0.2) is 0 Å². The molecule has 0 aromatic carbocycles. The van der Waals surface area contributed by atoms with Crippen molar-refractivity contribution in [2.75, 3.05) is 26.2 Å². The molecule has 44 heavy (non-hydrogen) atoms. The lowest BCUT2D eigenvalue weighted by Gasteiger charge is -2.50. The summed E-state index contributed by atoms with van der Waals surface area (Å²) in [6.45, 7) is 5.01. The Morgan fingerprint density at radius 1 is 0.455 bits per heavy atom. The Kier molecular flexibility index (Phi) is 10.3. The Bertz CT molecular complexity index is 859. The molecule has 0 spiro atoms. The highest BCUT2D eigenvalue weighted by Gasteiger charge is 2.54. The van der Waals surface area contributed by atoms with Gasteiger partial charge in [-0.1, -0.05) is 38.5 Å². The maximum atomic E-state index is 3.91. The summed E-state index contributed by atoms with van der Waals surface area (Å²) in [7, 11) is 0. The van der Waals surface area contributed by atoms with Gasteiger partial charge >= 0.3 is 0 Å². The predicted octanol–water partition coefficient (Wildman–Crippen LogP) is 7.06. The van der Waals surface area contributed by atoms with Crippen molar-refractivity contribution in [3.05, 3.63) is 0 Å². The van der Waals surface area contributed by atoms with E-state index in [1.54, 1.807) is 0 Å². The van der Waals surface area contributed by atoms with Gasteiger partial charge in [-0.15, -0.1) is 0 Å². The average Bonchev–Trinajstić information content (AvgIpc) is 3.44. The smallest absolute Gasteiger partial charge is 0.0600 e. The van der Waals surface area contributed by atoms with Gasteiger partial charge in [0.05, 0.1) is 6.17 Å². The van der Waals surface area contributed by atoms with Crippen molar-refractivity contribution in [1.29, 1.82) is 0 Å². The fourth-order valence-corrected chi connectivity index (χ4v) is 13.2. The summed E-state index contributed by atoms with van der Waals surface area (Å²) < 4.78 is 0. The van der Waals surface area contributed by atoms with Gasteiger partial charge < -0.3 is 16.0 Å². The van der Waals surface area contributed by atoms with E-state index in [1.807, 2.05) is 0 Å². The highest BCUT2D eigenvalue weighted by atomic mass is 15.3. The molecule has 5 atom stereocenters. The van der Waals surface area contributed by atoms with Crippen molar-refractivity contribution in [1.82, 2.24) is 25.8 Å².